The number of hydrogen-bond acceptors (Lipinski definition) is 5. The lowest BCUT2D eigenvalue weighted by Gasteiger charge is -2.34. The third-order valence-corrected chi connectivity index (χ3v) is 5.34. The van der Waals surface area contributed by atoms with Crippen molar-refractivity contribution in [2.24, 2.45) is 5.92 Å². The van der Waals surface area contributed by atoms with Gasteiger partial charge in [-0.3, -0.25) is 19.3 Å². The van der Waals surface area contributed by atoms with Crippen LogP contribution in [0.15, 0.2) is 18.2 Å². The van der Waals surface area contributed by atoms with Gasteiger partial charge in [0.05, 0.1) is 35.7 Å². The number of nitrogens with zero attached hydrogens (tertiary/aromatic N) is 2. The van der Waals surface area contributed by atoms with E-state index in [-0.39, 0.29) is 30.1 Å². The second kappa shape index (κ2) is 7.94. The van der Waals surface area contributed by atoms with E-state index in [4.69, 9.17) is 27.9 Å². The van der Waals surface area contributed by atoms with Crippen LogP contribution in [0.1, 0.15) is 26.2 Å². The zero-order valence-corrected chi connectivity index (χ0v) is 15.9. The van der Waals surface area contributed by atoms with E-state index in [2.05, 4.69) is 0 Å². The number of halogens is 2. The van der Waals surface area contributed by atoms with Crippen molar-refractivity contribution in [3.63, 3.8) is 0 Å². The van der Waals surface area contributed by atoms with E-state index in [0.717, 1.165) is 17.7 Å². The first-order valence-electron chi connectivity index (χ1n) is 8.65. The largest absolute Gasteiger partial charge is 0.466 e. The van der Waals surface area contributed by atoms with Crippen LogP contribution in [-0.2, 0) is 19.1 Å². The number of likely N-dealkylation sites (tertiary alicyclic amines) is 1. The molecule has 2 fully saturated rings. The number of ether oxygens (including phenoxy) is 1. The molecule has 2 unspecified atom stereocenters. The Morgan fingerprint density at radius 3 is 2.81 bits per heavy atom. The molecule has 2 amide bonds. The van der Waals surface area contributed by atoms with Gasteiger partial charge in [-0.1, -0.05) is 23.2 Å². The standard InChI is InChI=1S/C18H20Cl2N2O4/c1-2-26-18(25)11-4-3-7-21(10-11)15-9-16(23)22(17(15)24)14-8-12(19)5-6-13(14)20/h5-6,8,11,15H,2-4,7,9-10H2,1H3. The quantitative estimate of drug-likeness (QED) is 0.576. The molecule has 140 valence electrons. The minimum absolute atomic E-state index is 0.0667. The van der Waals surface area contributed by atoms with Crippen LogP contribution in [0.4, 0.5) is 5.69 Å². The Kier molecular flexibility index (Phi) is 5.85. The van der Waals surface area contributed by atoms with Crippen molar-refractivity contribution < 1.29 is 19.1 Å². The van der Waals surface area contributed by atoms with Gasteiger partial charge >= 0.3 is 5.97 Å². The fourth-order valence-electron chi connectivity index (χ4n) is 3.55. The second-order valence-corrected chi connectivity index (χ2v) is 7.31. The van der Waals surface area contributed by atoms with Gasteiger partial charge in [-0.2, -0.15) is 0 Å². The number of rotatable bonds is 4. The molecule has 0 aromatic heterocycles. The van der Waals surface area contributed by atoms with Gasteiger partial charge in [-0.25, -0.2) is 4.90 Å². The molecule has 0 saturated carbocycles. The number of hydrogen-bond donors (Lipinski definition) is 0. The molecule has 2 aliphatic rings. The number of benzene rings is 1. The third kappa shape index (κ3) is 3.72. The monoisotopic (exact) mass is 398 g/mol. The zero-order valence-electron chi connectivity index (χ0n) is 14.4. The fraction of sp³-hybridized carbons (Fsp3) is 0.500. The van der Waals surface area contributed by atoms with Gasteiger partial charge in [-0.15, -0.1) is 0 Å². The zero-order chi connectivity index (χ0) is 18.8. The minimum atomic E-state index is -0.588. The molecule has 0 bridgehead atoms. The first-order chi connectivity index (χ1) is 12.4. The summed E-state index contributed by atoms with van der Waals surface area (Å²) < 4.78 is 5.10. The molecule has 0 N–H and O–H groups in total. The molecule has 0 aliphatic carbocycles. The highest BCUT2D eigenvalue weighted by atomic mass is 35.5. The highest BCUT2D eigenvalue weighted by Gasteiger charge is 2.45. The topological polar surface area (TPSA) is 66.9 Å². The van der Waals surface area contributed by atoms with E-state index in [1.807, 2.05) is 4.90 Å². The molecule has 8 heteroatoms. The molecule has 2 aliphatic heterocycles. The van der Waals surface area contributed by atoms with Gasteiger partial charge in [0.25, 0.3) is 5.91 Å². The molecular weight excluding hydrogens is 379 g/mol. The maximum Gasteiger partial charge on any atom is 0.310 e. The lowest BCUT2D eigenvalue weighted by atomic mass is 9.96. The maximum atomic E-state index is 12.9. The number of anilines is 1. The van der Waals surface area contributed by atoms with E-state index in [1.165, 1.54) is 6.07 Å². The average molecular weight is 399 g/mol. The molecule has 1 aromatic carbocycles. The summed E-state index contributed by atoms with van der Waals surface area (Å²) in [6.07, 6.45) is 1.57. The van der Waals surface area contributed by atoms with Gasteiger partial charge in [0.1, 0.15) is 0 Å². The number of amides is 2. The molecule has 26 heavy (non-hydrogen) atoms. The Balaban J connectivity index is 1.78. The highest BCUT2D eigenvalue weighted by Crippen LogP contribution is 2.34. The first kappa shape index (κ1) is 19.1. The van der Waals surface area contributed by atoms with Gasteiger partial charge in [-0.05, 0) is 44.5 Å². The van der Waals surface area contributed by atoms with E-state index < -0.39 is 6.04 Å². The third-order valence-electron chi connectivity index (χ3n) is 4.79. The fourth-order valence-corrected chi connectivity index (χ4v) is 3.92. The van der Waals surface area contributed by atoms with Crippen LogP contribution in [0, 0.1) is 5.92 Å². The predicted molar refractivity (Wildman–Crippen MR) is 98.3 cm³/mol. The van der Waals surface area contributed by atoms with E-state index in [0.29, 0.717) is 35.4 Å². The first-order valence-corrected chi connectivity index (χ1v) is 9.40. The number of piperidine rings is 1. The normalized spacial score (nSPS) is 24.2. The van der Waals surface area contributed by atoms with E-state index in [9.17, 15) is 14.4 Å². The molecule has 2 heterocycles. The summed E-state index contributed by atoms with van der Waals surface area (Å²) in [5.41, 5.74) is 0.301. The van der Waals surface area contributed by atoms with E-state index in [1.54, 1.807) is 19.1 Å². The van der Waals surface area contributed by atoms with Crippen LogP contribution in [0.3, 0.4) is 0 Å². The molecule has 3 rings (SSSR count). The summed E-state index contributed by atoms with van der Waals surface area (Å²) in [5.74, 6) is -1.16. The van der Waals surface area contributed by atoms with Gasteiger partial charge in [0, 0.05) is 11.6 Å². The van der Waals surface area contributed by atoms with Crippen molar-refractivity contribution in [1.82, 2.24) is 4.90 Å². The maximum absolute atomic E-state index is 12.9. The predicted octanol–water partition coefficient (Wildman–Crippen LogP) is 2.90. The van der Waals surface area contributed by atoms with Crippen molar-refractivity contribution in [1.29, 1.82) is 0 Å². The van der Waals surface area contributed by atoms with Gasteiger partial charge in [0.15, 0.2) is 0 Å². The SMILES string of the molecule is CCOC(=O)C1CCCN(C2CC(=O)N(c3cc(Cl)ccc3Cl)C2=O)C1. The van der Waals surface area contributed by atoms with Crippen molar-refractivity contribution in [3.8, 4) is 0 Å². The Morgan fingerprint density at radius 1 is 1.31 bits per heavy atom. The summed E-state index contributed by atoms with van der Waals surface area (Å²) in [6, 6.07) is 4.09. The van der Waals surface area contributed by atoms with Crippen LogP contribution in [0.25, 0.3) is 0 Å². The van der Waals surface area contributed by atoms with Gasteiger partial charge < -0.3 is 4.74 Å². The highest BCUT2D eigenvalue weighted by molar-refractivity contribution is 6.37. The summed E-state index contributed by atoms with van der Waals surface area (Å²) in [5, 5.41) is 0.689. The summed E-state index contributed by atoms with van der Waals surface area (Å²) in [4.78, 5) is 40.5. The smallest absolute Gasteiger partial charge is 0.310 e. The number of imide groups is 1. The van der Waals surface area contributed by atoms with Crippen molar-refractivity contribution in [2.45, 2.75) is 32.2 Å². The van der Waals surface area contributed by atoms with Crippen molar-refractivity contribution in [3.05, 3.63) is 28.2 Å². The van der Waals surface area contributed by atoms with Crippen LogP contribution >= 0.6 is 23.2 Å². The van der Waals surface area contributed by atoms with Crippen molar-refractivity contribution in [2.75, 3.05) is 24.6 Å². The molecule has 2 atom stereocenters. The second-order valence-electron chi connectivity index (χ2n) is 6.47. The average Bonchev–Trinajstić information content (AvgIpc) is 2.92. The Hall–Kier alpha value is -1.63. The molecule has 1 aromatic rings. The summed E-state index contributed by atoms with van der Waals surface area (Å²) >= 11 is 12.2. The lowest BCUT2D eigenvalue weighted by Crippen LogP contribution is -2.48. The molecular formula is C18H20Cl2N2O4. The van der Waals surface area contributed by atoms with Crippen LogP contribution in [0.5, 0.6) is 0 Å². The van der Waals surface area contributed by atoms with Crippen LogP contribution in [-0.4, -0.2) is 48.4 Å². The Bertz CT molecular complexity index is 740. The number of esters is 1. The van der Waals surface area contributed by atoms with Crippen LogP contribution < -0.4 is 4.90 Å². The lowest BCUT2D eigenvalue weighted by molar-refractivity contribution is -0.150. The van der Waals surface area contributed by atoms with Gasteiger partial charge in [0.2, 0.25) is 5.91 Å². The van der Waals surface area contributed by atoms with Crippen LogP contribution in [0.2, 0.25) is 10.0 Å². The summed E-state index contributed by atoms with van der Waals surface area (Å²) in [6.45, 7) is 3.18. The van der Waals surface area contributed by atoms with Crippen molar-refractivity contribution >= 4 is 46.7 Å². The minimum Gasteiger partial charge on any atom is -0.466 e. The number of carbonyl (C=O) groups is 3. The molecule has 6 nitrogen and oxygen atoms in total. The summed E-state index contributed by atoms with van der Waals surface area (Å²) in [7, 11) is 0. The molecule has 0 spiro atoms. The number of carbonyl (C=O) groups excluding carboxylic acids is 3. The molecule has 0 radical (unpaired) electrons. The Morgan fingerprint density at radius 2 is 2.08 bits per heavy atom. The Labute approximate surface area is 162 Å². The molecule has 2 saturated heterocycles. The van der Waals surface area contributed by atoms with E-state index >= 15 is 0 Å².